The van der Waals surface area contributed by atoms with Crippen LogP contribution in [0.15, 0.2) is 42.5 Å². The monoisotopic (exact) mass is 233 g/mol. The van der Waals surface area contributed by atoms with Crippen molar-refractivity contribution in [2.45, 2.75) is 0 Å². The SMILES string of the molecule is O=C(NCCCl)c1cccc2ccccc12. The van der Waals surface area contributed by atoms with Crippen LogP contribution in [0.1, 0.15) is 10.4 Å². The zero-order chi connectivity index (χ0) is 11.4. The summed E-state index contributed by atoms with van der Waals surface area (Å²) in [5, 5.41) is 4.81. The Bertz CT molecular complexity index is 505. The predicted octanol–water partition coefficient (Wildman–Crippen LogP) is 2.81. The number of amides is 1. The van der Waals surface area contributed by atoms with Gasteiger partial charge in [0.2, 0.25) is 0 Å². The van der Waals surface area contributed by atoms with Crippen LogP contribution in [0.25, 0.3) is 10.8 Å². The Morgan fingerprint density at radius 2 is 1.88 bits per heavy atom. The number of carbonyl (C=O) groups is 1. The third-order valence-electron chi connectivity index (χ3n) is 2.41. The highest BCUT2D eigenvalue weighted by Gasteiger charge is 2.07. The van der Waals surface area contributed by atoms with Crippen molar-refractivity contribution in [3.8, 4) is 0 Å². The van der Waals surface area contributed by atoms with Crippen LogP contribution in [0.3, 0.4) is 0 Å². The molecule has 0 aliphatic heterocycles. The van der Waals surface area contributed by atoms with E-state index in [4.69, 9.17) is 11.6 Å². The molecule has 1 amide bonds. The molecule has 0 saturated carbocycles. The molecule has 2 aromatic carbocycles. The lowest BCUT2D eigenvalue weighted by Gasteiger charge is -2.06. The van der Waals surface area contributed by atoms with E-state index in [2.05, 4.69) is 5.32 Å². The van der Waals surface area contributed by atoms with Crippen molar-refractivity contribution in [1.82, 2.24) is 5.32 Å². The zero-order valence-electron chi connectivity index (χ0n) is 8.74. The molecule has 0 aliphatic carbocycles. The average molecular weight is 234 g/mol. The summed E-state index contributed by atoms with van der Waals surface area (Å²) in [4.78, 5) is 11.8. The van der Waals surface area contributed by atoms with Crippen LogP contribution in [-0.4, -0.2) is 18.3 Å². The number of hydrogen-bond donors (Lipinski definition) is 1. The van der Waals surface area contributed by atoms with Gasteiger partial charge in [0, 0.05) is 18.0 Å². The van der Waals surface area contributed by atoms with Crippen LogP contribution in [0.4, 0.5) is 0 Å². The highest BCUT2D eigenvalue weighted by Crippen LogP contribution is 2.18. The maximum Gasteiger partial charge on any atom is 0.251 e. The number of rotatable bonds is 3. The van der Waals surface area contributed by atoms with Crippen molar-refractivity contribution >= 4 is 28.3 Å². The van der Waals surface area contributed by atoms with Crippen molar-refractivity contribution in [3.05, 3.63) is 48.0 Å². The summed E-state index contributed by atoms with van der Waals surface area (Å²) in [6.07, 6.45) is 0. The van der Waals surface area contributed by atoms with Crippen LogP contribution in [-0.2, 0) is 0 Å². The molecule has 0 radical (unpaired) electrons. The topological polar surface area (TPSA) is 29.1 Å². The molecule has 0 aliphatic rings. The molecule has 0 bridgehead atoms. The summed E-state index contributed by atoms with van der Waals surface area (Å²) >= 11 is 5.54. The summed E-state index contributed by atoms with van der Waals surface area (Å²) < 4.78 is 0. The second kappa shape index (κ2) is 4.99. The van der Waals surface area contributed by atoms with Gasteiger partial charge in [-0.1, -0.05) is 36.4 Å². The molecule has 1 N–H and O–H groups in total. The highest BCUT2D eigenvalue weighted by atomic mass is 35.5. The van der Waals surface area contributed by atoms with E-state index in [0.717, 1.165) is 10.8 Å². The number of hydrogen-bond acceptors (Lipinski definition) is 1. The molecule has 82 valence electrons. The van der Waals surface area contributed by atoms with Crippen LogP contribution >= 0.6 is 11.6 Å². The standard InChI is InChI=1S/C13H12ClNO/c14-8-9-15-13(16)12-7-3-5-10-4-1-2-6-11(10)12/h1-7H,8-9H2,(H,15,16). The van der Waals surface area contributed by atoms with E-state index in [1.54, 1.807) is 0 Å². The van der Waals surface area contributed by atoms with Gasteiger partial charge in [0.1, 0.15) is 0 Å². The number of carbonyl (C=O) groups excluding carboxylic acids is 1. The van der Waals surface area contributed by atoms with Crippen LogP contribution in [0.2, 0.25) is 0 Å². The van der Waals surface area contributed by atoms with Crippen LogP contribution in [0.5, 0.6) is 0 Å². The van der Waals surface area contributed by atoms with E-state index in [1.807, 2.05) is 42.5 Å². The lowest BCUT2D eigenvalue weighted by molar-refractivity contribution is 0.0957. The second-order valence-corrected chi connectivity index (χ2v) is 3.85. The van der Waals surface area contributed by atoms with Gasteiger partial charge >= 0.3 is 0 Å². The minimum atomic E-state index is -0.0718. The van der Waals surface area contributed by atoms with Crippen LogP contribution < -0.4 is 5.32 Å². The maximum absolute atomic E-state index is 11.8. The third-order valence-corrected chi connectivity index (χ3v) is 2.60. The Hall–Kier alpha value is -1.54. The zero-order valence-corrected chi connectivity index (χ0v) is 9.50. The average Bonchev–Trinajstić information content (AvgIpc) is 2.35. The number of fused-ring (bicyclic) bond motifs is 1. The number of benzene rings is 2. The molecule has 2 nitrogen and oxygen atoms in total. The molecule has 0 aromatic heterocycles. The van der Waals surface area contributed by atoms with Gasteiger partial charge in [-0.25, -0.2) is 0 Å². The Morgan fingerprint density at radius 3 is 2.69 bits per heavy atom. The fourth-order valence-corrected chi connectivity index (χ4v) is 1.77. The molecule has 0 fully saturated rings. The molecule has 16 heavy (non-hydrogen) atoms. The van der Waals surface area contributed by atoms with Crippen molar-refractivity contribution in [1.29, 1.82) is 0 Å². The maximum atomic E-state index is 11.8. The molecule has 0 atom stereocenters. The molecular weight excluding hydrogens is 222 g/mol. The summed E-state index contributed by atoms with van der Waals surface area (Å²) in [6, 6.07) is 13.5. The molecule has 2 rings (SSSR count). The molecule has 0 unspecified atom stereocenters. The van der Waals surface area contributed by atoms with Crippen LogP contribution in [0, 0.1) is 0 Å². The van der Waals surface area contributed by atoms with Gasteiger partial charge in [-0.05, 0) is 16.8 Å². The van der Waals surface area contributed by atoms with E-state index in [0.29, 0.717) is 18.0 Å². The number of nitrogens with one attached hydrogen (secondary N) is 1. The first kappa shape index (κ1) is 11.0. The van der Waals surface area contributed by atoms with E-state index in [1.165, 1.54) is 0 Å². The quantitative estimate of drug-likeness (QED) is 0.812. The normalized spacial score (nSPS) is 10.3. The fraction of sp³-hybridized carbons (Fsp3) is 0.154. The molecular formula is C13H12ClNO. The Labute approximate surface area is 99.2 Å². The first-order valence-electron chi connectivity index (χ1n) is 5.15. The van der Waals surface area contributed by atoms with Gasteiger partial charge in [0.05, 0.1) is 0 Å². The van der Waals surface area contributed by atoms with Gasteiger partial charge in [0.25, 0.3) is 5.91 Å². The van der Waals surface area contributed by atoms with Gasteiger partial charge in [0.15, 0.2) is 0 Å². The Balaban J connectivity index is 2.40. The number of alkyl halides is 1. The minimum absolute atomic E-state index is 0.0718. The van der Waals surface area contributed by atoms with Crippen molar-refractivity contribution in [2.75, 3.05) is 12.4 Å². The van der Waals surface area contributed by atoms with Gasteiger partial charge in [-0.2, -0.15) is 0 Å². The van der Waals surface area contributed by atoms with E-state index < -0.39 is 0 Å². The molecule has 0 spiro atoms. The van der Waals surface area contributed by atoms with Crippen molar-refractivity contribution in [2.24, 2.45) is 0 Å². The van der Waals surface area contributed by atoms with E-state index in [-0.39, 0.29) is 5.91 Å². The molecule has 0 saturated heterocycles. The van der Waals surface area contributed by atoms with Crippen molar-refractivity contribution < 1.29 is 4.79 Å². The van der Waals surface area contributed by atoms with Gasteiger partial charge in [-0.3, -0.25) is 4.79 Å². The first-order chi connectivity index (χ1) is 7.83. The van der Waals surface area contributed by atoms with E-state index in [9.17, 15) is 4.79 Å². The van der Waals surface area contributed by atoms with Gasteiger partial charge < -0.3 is 5.32 Å². The van der Waals surface area contributed by atoms with Gasteiger partial charge in [-0.15, -0.1) is 11.6 Å². The largest absolute Gasteiger partial charge is 0.351 e. The lowest BCUT2D eigenvalue weighted by Crippen LogP contribution is -2.25. The Morgan fingerprint density at radius 1 is 1.12 bits per heavy atom. The fourth-order valence-electron chi connectivity index (χ4n) is 1.68. The highest BCUT2D eigenvalue weighted by molar-refractivity contribution is 6.18. The summed E-state index contributed by atoms with van der Waals surface area (Å²) in [5.74, 6) is 0.355. The summed E-state index contributed by atoms with van der Waals surface area (Å²) in [7, 11) is 0. The summed E-state index contributed by atoms with van der Waals surface area (Å²) in [6.45, 7) is 0.490. The minimum Gasteiger partial charge on any atom is -0.351 e. The third kappa shape index (κ3) is 2.17. The first-order valence-corrected chi connectivity index (χ1v) is 5.68. The molecule has 0 heterocycles. The van der Waals surface area contributed by atoms with E-state index >= 15 is 0 Å². The molecule has 2 aromatic rings. The lowest BCUT2D eigenvalue weighted by atomic mass is 10.0. The second-order valence-electron chi connectivity index (χ2n) is 3.47. The Kier molecular flexibility index (Phi) is 3.42. The molecule has 3 heteroatoms. The van der Waals surface area contributed by atoms with Crippen molar-refractivity contribution in [3.63, 3.8) is 0 Å². The number of halogens is 1. The smallest absolute Gasteiger partial charge is 0.251 e. The predicted molar refractivity (Wildman–Crippen MR) is 67.0 cm³/mol. The summed E-state index contributed by atoms with van der Waals surface area (Å²) in [5.41, 5.74) is 0.697.